The minimum Gasteiger partial charge on any atom is -0.493 e. The van der Waals surface area contributed by atoms with Gasteiger partial charge >= 0.3 is 0 Å². The third-order valence-corrected chi connectivity index (χ3v) is 4.98. The summed E-state index contributed by atoms with van der Waals surface area (Å²) in [6.45, 7) is 2.38. The van der Waals surface area contributed by atoms with Gasteiger partial charge < -0.3 is 10.5 Å². The van der Waals surface area contributed by atoms with Crippen LogP contribution >= 0.6 is 15.9 Å². The van der Waals surface area contributed by atoms with Crippen LogP contribution in [0.5, 0.6) is 5.75 Å². The first-order chi connectivity index (χ1) is 8.48. The Morgan fingerprint density at radius 3 is 2.72 bits per heavy atom. The normalized spacial score (nSPS) is 11.5. The largest absolute Gasteiger partial charge is 0.493 e. The van der Waals surface area contributed by atoms with E-state index in [9.17, 15) is 8.42 Å². The molecular formula is C12H18BrNO3S. The molecule has 102 valence electrons. The second kappa shape index (κ2) is 7.11. The molecule has 0 saturated heterocycles. The molecule has 1 rings (SSSR count). The van der Waals surface area contributed by atoms with Crippen molar-refractivity contribution in [3.63, 3.8) is 0 Å². The number of halogens is 1. The highest BCUT2D eigenvalue weighted by molar-refractivity contribution is 9.10. The van der Waals surface area contributed by atoms with Crippen molar-refractivity contribution in [2.45, 2.75) is 13.3 Å². The van der Waals surface area contributed by atoms with Gasteiger partial charge in [0.05, 0.1) is 5.75 Å². The van der Waals surface area contributed by atoms with Gasteiger partial charge in [-0.2, -0.15) is 0 Å². The van der Waals surface area contributed by atoms with Crippen LogP contribution in [0.3, 0.4) is 0 Å². The van der Waals surface area contributed by atoms with E-state index in [1.54, 1.807) is 6.92 Å². The van der Waals surface area contributed by atoms with Crippen molar-refractivity contribution in [3.8, 4) is 5.75 Å². The van der Waals surface area contributed by atoms with E-state index >= 15 is 0 Å². The van der Waals surface area contributed by atoms with Crippen LogP contribution in [0.25, 0.3) is 0 Å². The molecule has 0 unspecified atom stereocenters. The summed E-state index contributed by atoms with van der Waals surface area (Å²) in [6, 6.07) is 5.58. The fraction of sp³-hybridized carbons (Fsp3) is 0.500. The van der Waals surface area contributed by atoms with Gasteiger partial charge in [0.25, 0.3) is 0 Å². The minimum atomic E-state index is -2.97. The maximum atomic E-state index is 11.3. The lowest BCUT2D eigenvalue weighted by Crippen LogP contribution is -2.15. The minimum absolute atomic E-state index is 0.0474. The lowest BCUT2D eigenvalue weighted by Gasteiger charge is -2.09. The van der Waals surface area contributed by atoms with E-state index in [0.717, 1.165) is 16.5 Å². The van der Waals surface area contributed by atoms with Crippen molar-refractivity contribution in [1.82, 2.24) is 0 Å². The molecule has 2 N–H and O–H groups in total. The molecule has 0 amide bonds. The lowest BCUT2D eigenvalue weighted by atomic mass is 10.1. The third kappa shape index (κ3) is 4.96. The van der Waals surface area contributed by atoms with E-state index in [0.29, 0.717) is 12.3 Å². The molecule has 0 aliphatic rings. The molecular weight excluding hydrogens is 318 g/mol. The quantitative estimate of drug-likeness (QED) is 0.824. The maximum Gasteiger partial charge on any atom is 0.153 e. The van der Waals surface area contributed by atoms with Gasteiger partial charge in [0.15, 0.2) is 9.84 Å². The van der Waals surface area contributed by atoms with Crippen LogP contribution in [0.1, 0.15) is 12.5 Å². The van der Waals surface area contributed by atoms with Crippen LogP contribution in [-0.2, 0) is 16.3 Å². The fourth-order valence-electron chi connectivity index (χ4n) is 1.42. The molecule has 0 aliphatic heterocycles. The molecule has 1 aromatic rings. The topological polar surface area (TPSA) is 69.4 Å². The van der Waals surface area contributed by atoms with Crippen LogP contribution in [-0.4, -0.2) is 33.1 Å². The Labute approximate surface area is 117 Å². The third-order valence-electron chi connectivity index (χ3n) is 2.53. The summed E-state index contributed by atoms with van der Waals surface area (Å²) in [7, 11) is -2.97. The Morgan fingerprint density at radius 1 is 1.39 bits per heavy atom. The average molecular weight is 336 g/mol. The predicted molar refractivity (Wildman–Crippen MR) is 76.7 cm³/mol. The Hall–Kier alpha value is -0.590. The first-order valence-electron chi connectivity index (χ1n) is 5.80. The van der Waals surface area contributed by atoms with E-state index in [2.05, 4.69) is 15.9 Å². The number of hydrogen-bond acceptors (Lipinski definition) is 4. The summed E-state index contributed by atoms with van der Waals surface area (Å²) in [4.78, 5) is 0. The second-order valence-corrected chi connectivity index (χ2v) is 7.20. The molecule has 18 heavy (non-hydrogen) atoms. The SMILES string of the molecule is CCS(=O)(=O)CCOc1ccc(Br)c(CCN)c1. The number of benzene rings is 1. The van der Waals surface area contributed by atoms with Gasteiger partial charge in [-0.1, -0.05) is 22.9 Å². The first kappa shape index (κ1) is 15.5. The van der Waals surface area contributed by atoms with Crippen LogP contribution in [0.2, 0.25) is 0 Å². The molecule has 0 spiro atoms. The molecule has 4 nitrogen and oxygen atoms in total. The molecule has 0 heterocycles. The van der Waals surface area contributed by atoms with Crippen LogP contribution in [0.15, 0.2) is 22.7 Å². The van der Waals surface area contributed by atoms with E-state index in [1.807, 2.05) is 18.2 Å². The molecule has 0 radical (unpaired) electrons. The molecule has 0 saturated carbocycles. The zero-order chi connectivity index (χ0) is 13.6. The van der Waals surface area contributed by atoms with Gasteiger partial charge in [-0.15, -0.1) is 0 Å². The molecule has 0 bridgehead atoms. The number of ether oxygens (including phenoxy) is 1. The Balaban J connectivity index is 2.60. The summed E-state index contributed by atoms with van der Waals surface area (Å²) < 4.78 is 29.1. The zero-order valence-corrected chi connectivity index (χ0v) is 12.8. The van der Waals surface area contributed by atoms with Gasteiger partial charge in [0, 0.05) is 10.2 Å². The highest BCUT2D eigenvalue weighted by Crippen LogP contribution is 2.22. The summed E-state index contributed by atoms with van der Waals surface area (Å²) in [5.74, 6) is 0.869. The number of hydrogen-bond donors (Lipinski definition) is 1. The molecule has 0 atom stereocenters. The highest BCUT2D eigenvalue weighted by Gasteiger charge is 2.08. The van der Waals surface area contributed by atoms with E-state index in [1.165, 1.54) is 0 Å². The summed E-state index contributed by atoms with van der Waals surface area (Å²) >= 11 is 3.44. The molecule has 6 heteroatoms. The van der Waals surface area contributed by atoms with Crippen molar-refractivity contribution < 1.29 is 13.2 Å². The van der Waals surface area contributed by atoms with Crippen molar-refractivity contribution in [1.29, 1.82) is 0 Å². The van der Waals surface area contributed by atoms with E-state index in [-0.39, 0.29) is 18.1 Å². The summed E-state index contributed by atoms with van der Waals surface area (Å²) in [6.07, 6.45) is 0.755. The van der Waals surface area contributed by atoms with Crippen LogP contribution < -0.4 is 10.5 Å². The summed E-state index contributed by atoms with van der Waals surface area (Å²) in [5, 5.41) is 0. The van der Waals surface area contributed by atoms with Crippen molar-refractivity contribution in [3.05, 3.63) is 28.2 Å². The smallest absolute Gasteiger partial charge is 0.153 e. The van der Waals surface area contributed by atoms with Crippen molar-refractivity contribution in [2.24, 2.45) is 5.73 Å². The van der Waals surface area contributed by atoms with E-state index in [4.69, 9.17) is 10.5 Å². The Bertz CT molecular complexity index is 488. The molecule has 1 aromatic carbocycles. The highest BCUT2D eigenvalue weighted by atomic mass is 79.9. The summed E-state index contributed by atoms with van der Waals surface area (Å²) in [5.41, 5.74) is 6.58. The van der Waals surface area contributed by atoms with Crippen molar-refractivity contribution >= 4 is 25.8 Å². The zero-order valence-electron chi connectivity index (χ0n) is 10.4. The van der Waals surface area contributed by atoms with Gasteiger partial charge in [-0.05, 0) is 36.7 Å². The number of nitrogens with two attached hydrogens (primary N) is 1. The van der Waals surface area contributed by atoms with Gasteiger partial charge in [0.1, 0.15) is 12.4 Å². The maximum absolute atomic E-state index is 11.3. The molecule has 0 fully saturated rings. The van der Waals surface area contributed by atoms with Crippen LogP contribution in [0.4, 0.5) is 0 Å². The van der Waals surface area contributed by atoms with Gasteiger partial charge in [-0.25, -0.2) is 8.42 Å². The Kier molecular flexibility index (Phi) is 6.11. The number of sulfone groups is 1. The monoisotopic (exact) mass is 335 g/mol. The molecule has 0 aliphatic carbocycles. The van der Waals surface area contributed by atoms with Crippen molar-refractivity contribution in [2.75, 3.05) is 24.7 Å². The lowest BCUT2D eigenvalue weighted by molar-refractivity contribution is 0.340. The standard InChI is InChI=1S/C12H18BrNO3S/c1-2-18(15,16)8-7-17-11-3-4-12(13)10(9-11)5-6-14/h3-4,9H,2,5-8,14H2,1H3. The Morgan fingerprint density at radius 2 is 2.11 bits per heavy atom. The fourth-order valence-corrected chi connectivity index (χ4v) is 2.49. The molecule has 0 aromatic heterocycles. The number of rotatable bonds is 7. The second-order valence-electron chi connectivity index (χ2n) is 3.88. The predicted octanol–water partition coefficient (Wildman–Crippen LogP) is 1.76. The van der Waals surface area contributed by atoms with E-state index < -0.39 is 9.84 Å². The first-order valence-corrected chi connectivity index (χ1v) is 8.41. The van der Waals surface area contributed by atoms with Gasteiger partial charge in [0.2, 0.25) is 0 Å². The van der Waals surface area contributed by atoms with Gasteiger partial charge in [-0.3, -0.25) is 0 Å². The van der Waals surface area contributed by atoms with Crippen LogP contribution in [0, 0.1) is 0 Å². The average Bonchev–Trinajstić information content (AvgIpc) is 2.33.